The summed E-state index contributed by atoms with van der Waals surface area (Å²) in [4.78, 5) is 12.0. The first kappa shape index (κ1) is 11.4. The number of methoxy groups -OCH3 is 1. The molecule has 1 heterocycles. The summed E-state index contributed by atoms with van der Waals surface area (Å²) in [7, 11) is 1.22. The van der Waals surface area contributed by atoms with Crippen LogP contribution in [0.1, 0.15) is 31.8 Å². The van der Waals surface area contributed by atoms with Crippen molar-refractivity contribution in [1.82, 2.24) is 0 Å². The SMILES string of the molecule is [2H]C([2H])([2H])C([2H])([2H])c1cc(OC)cc2c1OC(C(F)(F)F)C(C(=O)OCC)=C2. The van der Waals surface area contributed by atoms with Crippen molar-refractivity contribution in [2.45, 2.75) is 32.4 Å². The topological polar surface area (TPSA) is 44.8 Å². The molecule has 0 fully saturated rings. The maximum atomic E-state index is 13.5. The number of hydrogen-bond donors (Lipinski definition) is 0. The number of esters is 1. The largest absolute Gasteiger partial charge is 0.497 e. The summed E-state index contributed by atoms with van der Waals surface area (Å²) < 4.78 is 93.1. The van der Waals surface area contributed by atoms with E-state index in [2.05, 4.69) is 4.74 Å². The minimum atomic E-state index is -5.03. The first-order valence-corrected chi connectivity index (χ1v) is 6.58. The summed E-state index contributed by atoms with van der Waals surface area (Å²) in [6, 6.07) is 2.17. The molecule has 0 N–H and O–H groups in total. The lowest BCUT2D eigenvalue weighted by Crippen LogP contribution is -2.41. The number of alkyl halides is 3. The standard InChI is InChI=1S/C16H17F3O4/c1-4-9-6-11(21-3)7-10-8-12(15(20)22-5-2)14(16(17,18)19)23-13(9)10/h6-8,14H,4-5H2,1-3H3/i1D3,4D2. The number of fused-ring (bicyclic) bond motifs is 1. The second-order valence-corrected chi connectivity index (χ2v) is 4.58. The van der Waals surface area contributed by atoms with Gasteiger partial charge in [-0.05, 0) is 37.1 Å². The van der Waals surface area contributed by atoms with E-state index in [-0.39, 0.29) is 17.9 Å². The Labute approximate surface area is 138 Å². The number of carbonyl (C=O) groups is 1. The fraction of sp³-hybridized carbons (Fsp3) is 0.438. The molecule has 1 aliphatic rings. The van der Waals surface area contributed by atoms with E-state index in [1.165, 1.54) is 20.1 Å². The van der Waals surface area contributed by atoms with Crippen LogP contribution < -0.4 is 9.47 Å². The molecule has 126 valence electrons. The Hall–Kier alpha value is -2.18. The van der Waals surface area contributed by atoms with Gasteiger partial charge in [-0.25, -0.2) is 4.79 Å². The van der Waals surface area contributed by atoms with Crippen LogP contribution in [0.4, 0.5) is 13.2 Å². The molecule has 0 saturated carbocycles. The maximum Gasteiger partial charge on any atom is 0.430 e. The highest BCUT2D eigenvalue weighted by Gasteiger charge is 2.49. The Bertz CT molecular complexity index is 803. The lowest BCUT2D eigenvalue weighted by molar-refractivity contribution is -0.188. The van der Waals surface area contributed by atoms with Gasteiger partial charge in [0.05, 0.1) is 19.3 Å². The molecule has 0 amide bonds. The van der Waals surface area contributed by atoms with Crippen molar-refractivity contribution in [3.05, 3.63) is 28.8 Å². The quantitative estimate of drug-likeness (QED) is 0.790. The van der Waals surface area contributed by atoms with Crippen molar-refractivity contribution in [1.29, 1.82) is 0 Å². The number of rotatable bonds is 4. The summed E-state index contributed by atoms with van der Waals surface area (Å²) >= 11 is 0. The van der Waals surface area contributed by atoms with Crippen LogP contribution in [-0.2, 0) is 15.9 Å². The molecule has 2 rings (SSSR count). The van der Waals surface area contributed by atoms with Gasteiger partial charge in [0, 0.05) is 12.4 Å². The summed E-state index contributed by atoms with van der Waals surface area (Å²) in [6.07, 6.45) is -9.97. The number of hydrogen-bond acceptors (Lipinski definition) is 4. The highest BCUT2D eigenvalue weighted by molar-refractivity contribution is 5.96. The molecule has 4 nitrogen and oxygen atoms in total. The van der Waals surface area contributed by atoms with E-state index in [4.69, 9.17) is 16.3 Å². The Morgan fingerprint density at radius 1 is 1.48 bits per heavy atom. The van der Waals surface area contributed by atoms with Crippen molar-refractivity contribution >= 4 is 12.0 Å². The highest BCUT2D eigenvalue weighted by Crippen LogP contribution is 2.41. The van der Waals surface area contributed by atoms with E-state index < -0.39 is 48.4 Å². The molecular weight excluding hydrogens is 313 g/mol. The lowest BCUT2D eigenvalue weighted by atomic mass is 9.97. The predicted molar refractivity (Wildman–Crippen MR) is 77.5 cm³/mol. The smallest absolute Gasteiger partial charge is 0.430 e. The second kappa shape index (κ2) is 6.52. The third-order valence-electron chi connectivity index (χ3n) is 3.10. The van der Waals surface area contributed by atoms with Gasteiger partial charge >= 0.3 is 12.1 Å². The zero-order valence-electron chi connectivity index (χ0n) is 17.3. The van der Waals surface area contributed by atoms with Gasteiger partial charge in [-0.3, -0.25) is 0 Å². The van der Waals surface area contributed by atoms with Crippen molar-refractivity contribution in [2.24, 2.45) is 0 Å². The zero-order valence-corrected chi connectivity index (χ0v) is 12.3. The molecule has 0 saturated heterocycles. The number of halogens is 3. The lowest BCUT2D eigenvalue weighted by Gasteiger charge is -2.29. The predicted octanol–water partition coefficient (Wildman–Crippen LogP) is 3.53. The number of aryl methyl sites for hydroxylation is 1. The molecule has 1 atom stereocenters. The second-order valence-electron chi connectivity index (χ2n) is 4.58. The molecule has 0 bridgehead atoms. The van der Waals surface area contributed by atoms with Crippen LogP contribution in [0.5, 0.6) is 11.5 Å². The normalized spacial score (nSPS) is 21.3. The van der Waals surface area contributed by atoms with Crippen LogP contribution in [0.15, 0.2) is 17.7 Å². The highest BCUT2D eigenvalue weighted by atomic mass is 19.4. The van der Waals surface area contributed by atoms with E-state index in [0.29, 0.717) is 0 Å². The van der Waals surface area contributed by atoms with Gasteiger partial charge < -0.3 is 14.2 Å². The Kier molecular flexibility index (Phi) is 3.22. The summed E-state index contributed by atoms with van der Waals surface area (Å²) in [5.41, 5.74) is -1.61. The molecule has 1 aromatic carbocycles. The van der Waals surface area contributed by atoms with E-state index in [9.17, 15) is 18.0 Å². The number of ether oxygens (including phenoxy) is 3. The average molecular weight is 335 g/mol. The van der Waals surface area contributed by atoms with Crippen LogP contribution in [0.2, 0.25) is 0 Å². The average Bonchev–Trinajstić information content (AvgIpc) is 2.57. The minimum Gasteiger partial charge on any atom is -0.497 e. The van der Waals surface area contributed by atoms with Crippen LogP contribution in [0.3, 0.4) is 0 Å². The van der Waals surface area contributed by atoms with E-state index >= 15 is 0 Å². The van der Waals surface area contributed by atoms with Gasteiger partial charge in [0.1, 0.15) is 11.5 Å². The molecule has 0 spiro atoms. The van der Waals surface area contributed by atoms with E-state index in [1.807, 2.05) is 0 Å². The molecule has 0 aliphatic carbocycles. The van der Waals surface area contributed by atoms with Crippen molar-refractivity contribution in [3.63, 3.8) is 0 Å². The van der Waals surface area contributed by atoms with Gasteiger partial charge in [-0.1, -0.05) is 6.85 Å². The first-order chi connectivity index (χ1) is 12.7. The number of carbonyl (C=O) groups excluding carboxylic acids is 1. The first-order valence-electron chi connectivity index (χ1n) is 9.08. The summed E-state index contributed by atoms with van der Waals surface area (Å²) in [5, 5.41) is 0. The van der Waals surface area contributed by atoms with Gasteiger partial charge in [-0.2, -0.15) is 13.2 Å². The van der Waals surface area contributed by atoms with Crippen molar-refractivity contribution in [3.8, 4) is 11.5 Å². The Morgan fingerprint density at radius 3 is 2.78 bits per heavy atom. The van der Waals surface area contributed by atoms with Crippen LogP contribution in [-0.4, -0.2) is 32.0 Å². The van der Waals surface area contributed by atoms with Crippen molar-refractivity contribution in [2.75, 3.05) is 13.7 Å². The van der Waals surface area contributed by atoms with Crippen molar-refractivity contribution < 1.29 is 39.0 Å². The van der Waals surface area contributed by atoms with Crippen LogP contribution in [0.25, 0.3) is 6.08 Å². The van der Waals surface area contributed by atoms with Crippen LogP contribution in [0, 0.1) is 0 Å². The zero-order chi connectivity index (χ0) is 21.5. The fourth-order valence-corrected chi connectivity index (χ4v) is 2.12. The third-order valence-corrected chi connectivity index (χ3v) is 3.10. The summed E-state index contributed by atoms with van der Waals surface area (Å²) in [6.45, 7) is -1.95. The van der Waals surface area contributed by atoms with Gasteiger partial charge in [0.25, 0.3) is 0 Å². The van der Waals surface area contributed by atoms with Gasteiger partial charge in [-0.15, -0.1) is 0 Å². The van der Waals surface area contributed by atoms with E-state index in [1.54, 1.807) is 0 Å². The molecule has 7 heteroatoms. The molecule has 23 heavy (non-hydrogen) atoms. The Morgan fingerprint density at radius 2 is 2.22 bits per heavy atom. The molecule has 0 radical (unpaired) electrons. The summed E-state index contributed by atoms with van der Waals surface area (Å²) in [5.74, 6) is -1.90. The monoisotopic (exact) mass is 335 g/mol. The van der Waals surface area contributed by atoms with Gasteiger partial charge in [0.15, 0.2) is 0 Å². The molecule has 1 aliphatic heterocycles. The fourth-order valence-electron chi connectivity index (χ4n) is 2.12. The molecule has 0 aromatic heterocycles. The molecule has 1 unspecified atom stereocenters. The number of benzene rings is 1. The van der Waals surface area contributed by atoms with E-state index in [0.717, 1.165) is 12.1 Å². The maximum absolute atomic E-state index is 13.5. The van der Waals surface area contributed by atoms with Gasteiger partial charge in [0.2, 0.25) is 6.10 Å². The van der Waals surface area contributed by atoms with Crippen LogP contribution >= 0.6 is 0 Å². The molecular formula is C16H17F3O4. The molecule has 1 aromatic rings. The Balaban J connectivity index is 2.77. The third kappa shape index (κ3) is 3.43. The minimum absolute atomic E-state index is 0.0182.